The van der Waals surface area contributed by atoms with Gasteiger partial charge in [0.15, 0.2) is 0 Å². The van der Waals surface area contributed by atoms with E-state index in [-0.39, 0.29) is 11.8 Å². The molecule has 1 N–H and O–H groups in total. The Kier molecular flexibility index (Phi) is 6.27. The Labute approximate surface area is 161 Å². The molecule has 1 aliphatic heterocycles. The van der Waals surface area contributed by atoms with E-state index in [0.29, 0.717) is 13.1 Å². The quantitative estimate of drug-likeness (QED) is 0.849. The van der Waals surface area contributed by atoms with Crippen molar-refractivity contribution in [2.75, 3.05) is 31.6 Å². The fourth-order valence-electron chi connectivity index (χ4n) is 3.49. The number of rotatable bonds is 6. The number of carbonyl (C=O) groups is 1. The zero-order valence-electron chi connectivity index (χ0n) is 16.4. The van der Waals surface area contributed by atoms with Gasteiger partial charge in [0.2, 0.25) is 11.9 Å². The third-order valence-electron chi connectivity index (χ3n) is 4.92. The maximum atomic E-state index is 12.6. The standard InChI is InChI=1S/C21H28N4O2/c1-15-13-16(2)24-21(23-15)25-12-4-5-18(14-25)20(26)22-11-10-17-6-8-19(27-3)9-7-17/h6-9,13,18H,4-5,10-12,14H2,1-3H3,(H,22,26)/t18-/m0/s1. The molecule has 6 nitrogen and oxygen atoms in total. The number of aromatic nitrogens is 2. The topological polar surface area (TPSA) is 67.3 Å². The fraction of sp³-hybridized carbons (Fsp3) is 0.476. The van der Waals surface area contributed by atoms with Crippen LogP contribution in [0.5, 0.6) is 5.75 Å². The number of ether oxygens (including phenoxy) is 1. The average molecular weight is 368 g/mol. The van der Waals surface area contributed by atoms with Gasteiger partial charge in [0.1, 0.15) is 5.75 Å². The highest BCUT2D eigenvalue weighted by Crippen LogP contribution is 2.21. The second kappa shape index (κ2) is 8.84. The summed E-state index contributed by atoms with van der Waals surface area (Å²) in [5.74, 6) is 1.69. The molecule has 1 aliphatic rings. The number of methoxy groups -OCH3 is 1. The minimum absolute atomic E-state index is 0.0148. The number of amides is 1. The lowest BCUT2D eigenvalue weighted by molar-refractivity contribution is -0.125. The average Bonchev–Trinajstić information content (AvgIpc) is 2.68. The molecule has 2 heterocycles. The van der Waals surface area contributed by atoms with Crippen LogP contribution in [0.25, 0.3) is 0 Å². The van der Waals surface area contributed by atoms with Crippen LogP contribution in [0.2, 0.25) is 0 Å². The molecule has 0 radical (unpaired) electrons. The number of aryl methyl sites for hydroxylation is 2. The number of piperidine rings is 1. The van der Waals surface area contributed by atoms with E-state index in [1.54, 1.807) is 7.11 Å². The van der Waals surface area contributed by atoms with E-state index in [1.807, 2.05) is 44.2 Å². The van der Waals surface area contributed by atoms with Gasteiger partial charge in [-0.25, -0.2) is 9.97 Å². The summed E-state index contributed by atoms with van der Waals surface area (Å²) in [6, 6.07) is 9.92. The number of nitrogens with zero attached hydrogens (tertiary/aromatic N) is 3. The summed E-state index contributed by atoms with van der Waals surface area (Å²) in [5.41, 5.74) is 3.11. The lowest BCUT2D eigenvalue weighted by Gasteiger charge is -2.32. The van der Waals surface area contributed by atoms with Gasteiger partial charge in [-0.1, -0.05) is 12.1 Å². The van der Waals surface area contributed by atoms with Gasteiger partial charge in [-0.2, -0.15) is 0 Å². The number of benzene rings is 1. The molecule has 0 aliphatic carbocycles. The van der Waals surface area contributed by atoms with Crippen molar-refractivity contribution in [3.05, 3.63) is 47.3 Å². The molecule has 144 valence electrons. The van der Waals surface area contributed by atoms with E-state index in [1.165, 1.54) is 5.56 Å². The lowest BCUT2D eigenvalue weighted by Crippen LogP contribution is -2.44. The Morgan fingerprint density at radius 2 is 1.93 bits per heavy atom. The highest BCUT2D eigenvalue weighted by Gasteiger charge is 2.27. The molecule has 0 spiro atoms. The van der Waals surface area contributed by atoms with E-state index in [2.05, 4.69) is 20.2 Å². The van der Waals surface area contributed by atoms with Gasteiger partial charge in [-0.3, -0.25) is 4.79 Å². The van der Waals surface area contributed by atoms with Crippen LogP contribution in [0.4, 0.5) is 5.95 Å². The molecule has 6 heteroatoms. The summed E-state index contributed by atoms with van der Waals surface area (Å²) in [4.78, 5) is 23.8. The van der Waals surface area contributed by atoms with Crippen molar-refractivity contribution in [3.8, 4) is 5.75 Å². The van der Waals surface area contributed by atoms with Gasteiger partial charge in [0.05, 0.1) is 13.0 Å². The second-order valence-corrected chi connectivity index (χ2v) is 7.12. The molecule has 0 unspecified atom stereocenters. The van der Waals surface area contributed by atoms with Gasteiger partial charge in [-0.05, 0) is 56.9 Å². The van der Waals surface area contributed by atoms with Crippen molar-refractivity contribution in [1.82, 2.24) is 15.3 Å². The number of anilines is 1. The first-order chi connectivity index (χ1) is 13.0. The molecule has 1 atom stereocenters. The molecule has 1 saturated heterocycles. The lowest BCUT2D eigenvalue weighted by atomic mass is 9.97. The summed E-state index contributed by atoms with van der Waals surface area (Å²) in [6.07, 6.45) is 2.70. The van der Waals surface area contributed by atoms with Gasteiger partial charge in [-0.15, -0.1) is 0 Å². The van der Waals surface area contributed by atoms with Crippen LogP contribution < -0.4 is 15.0 Å². The molecule has 27 heavy (non-hydrogen) atoms. The van der Waals surface area contributed by atoms with Gasteiger partial charge in [0.25, 0.3) is 0 Å². The number of hydrogen-bond acceptors (Lipinski definition) is 5. The maximum absolute atomic E-state index is 12.6. The third-order valence-corrected chi connectivity index (χ3v) is 4.92. The van der Waals surface area contributed by atoms with Crippen LogP contribution in [-0.2, 0) is 11.2 Å². The van der Waals surface area contributed by atoms with Crippen molar-refractivity contribution in [2.24, 2.45) is 5.92 Å². The maximum Gasteiger partial charge on any atom is 0.225 e. The number of nitrogens with one attached hydrogen (secondary N) is 1. The number of carbonyl (C=O) groups excluding carboxylic acids is 1. The summed E-state index contributed by atoms with van der Waals surface area (Å²) in [7, 11) is 1.66. The van der Waals surface area contributed by atoms with E-state index >= 15 is 0 Å². The van der Waals surface area contributed by atoms with E-state index in [0.717, 1.165) is 48.9 Å². The van der Waals surface area contributed by atoms with E-state index in [4.69, 9.17) is 4.74 Å². The highest BCUT2D eigenvalue weighted by atomic mass is 16.5. The monoisotopic (exact) mass is 368 g/mol. The van der Waals surface area contributed by atoms with Crippen LogP contribution in [0.3, 0.4) is 0 Å². The molecular weight excluding hydrogens is 340 g/mol. The molecular formula is C21H28N4O2. The molecule has 2 aromatic rings. The predicted octanol–water partition coefficient (Wildman–Crippen LogP) is 2.68. The fourth-order valence-corrected chi connectivity index (χ4v) is 3.49. The largest absolute Gasteiger partial charge is 0.497 e. The van der Waals surface area contributed by atoms with Gasteiger partial charge >= 0.3 is 0 Å². The van der Waals surface area contributed by atoms with Gasteiger partial charge < -0.3 is 15.0 Å². The Balaban J connectivity index is 1.51. The Bertz CT molecular complexity index is 756. The van der Waals surface area contributed by atoms with Gasteiger partial charge in [0, 0.05) is 31.0 Å². The van der Waals surface area contributed by atoms with E-state index in [9.17, 15) is 4.79 Å². The minimum Gasteiger partial charge on any atom is -0.497 e. The Hall–Kier alpha value is -2.63. The minimum atomic E-state index is -0.0148. The van der Waals surface area contributed by atoms with Crippen LogP contribution in [0, 0.1) is 19.8 Å². The summed E-state index contributed by atoms with van der Waals surface area (Å²) in [5, 5.41) is 3.09. The molecule has 1 fully saturated rings. The smallest absolute Gasteiger partial charge is 0.225 e. The van der Waals surface area contributed by atoms with Crippen molar-refractivity contribution in [2.45, 2.75) is 33.1 Å². The molecule has 1 aromatic carbocycles. The molecule has 0 bridgehead atoms. The van der Waals surface area contributed by atoms with Crippen molar-refractivity contribution in [1.29, 1.82) is 0 Å². The highest BCUT2D eigenvalue weighted by molar-refractivity contribution is 5.79. The van der Waals surface area contributed by atoms with Crippen LogP contribution >= 0.6 is 0 Å². The first-order valence-corrected chi connectivity index (χ1v) is 9.53. The molecule has 0 saturated carbocycles. The zero-order valence-corrected chi connectivity index (χ0v) is 16.4. The first-order valence-electron chi connectivity index (χ1n) is 9.53. The van der Waals surface area contributed by atoms with Crippen LogP contribution in [0.15, 0.2) is 30.3 Å². The second-order valence-electron chi connectivity index (χ2n) is 7.12. The predicted molar refractivity (Wildman–Crippen MR) is 106 cm³/mol. The molecule has 1 amide bonds. The summed E-state index contributed by atoms with van der Waals surface area (Å²) < 4.78 is 5.17. The van der Waals surface area contributed by atoms with Crippen LogP contribution in [-0.4, -0.2) is 42.6 Å². The summed E-state index contributed by atoms with van der Waals surface area (Å²) >= 11 is 0. The van der Waals surface area contributed by atoms with E-state index < -0.39 is 0 Å². The van der Waals surface area contributed by atoms with Crippen molar-refractivity contribution in [3.63, 3.8) is 0 Å². The van der Waals surface area contributed by atoms with Crippen molar-refractivity contribution >= 4 is 11.9 Å². The van der Waals surface area contributed by atoms with Crippen molar-refractivity contribution < 1.29 is 9.53 Å². The zero-order chi connectivity index (χ0) is 19.2. The first kappa shape index (κ1) is 19.1. The summed E-state index contributed by atoms with van der Waals surface area (Å²) in [6.45, 7) is 6.18. The normalized spacial score (nSPS) is 16.9. The SMILES string of the molecule is COc1ccc(CCNC(=O)[C@H]2CCCN(c3nc(C)cc(C)n3)C2)cc1. The Morgan fingerprint density at radius 1 is 1.22 bits per heavy atom. The Morgan fingerprint density at radius 3 is 2.59 bits per heavy atom. The number of hydrogen-bond donors (Lipinski definition) is 1. The molecule has 3 rings (SSSR count). The molecule has 1 aromatic heterocycles. The van der Waals surface area contributed by atoms with Crippen LogP contribution in [0.1, 0.15) is 29.8 Å². The third kappa shape index (κ3) is 5.18.